The van der Waals surface area contributed by atoms with Crippen LogP contribution in [0.3, 0.4) is 0 Å². The first kappa shape index (κ1) is 18.4. The number of hydrogen-bond acceptors (Lipinski definition) is 5. The monoisotopic (exact) mass is 372 g/mol. The fourth-order valence-electron chi connectivity index (χ4n) is 1.72. The third-order valence-corrected chi connectivity index (χ3v) is 5.88. The maximum Gasteiger partial charge on any atom is 0.322 e. The van der Waals surface area contributed by atoms with Gasteiger partial charge in [-0.25, -0.2) is 8.42 Å². The summed E-state index contributed by atoms with van der Waals surface area (Å²) in [6.07, 6.45) is 0. The third-order valence-electron chi connectivity index (χ3n) is 2.76. The average Bonchev–Trinajstić information content (AvgIpc) is 2.38. The van der Waals surface area contributed by atoms with E-state index in [1.807, 2.05) is 0 Å². The summed E-state index contributed by atoms with van der Waals surface area (Å²) < 4.78 is 26.0. The number of anilines is 1. The summed E-state index contributed by atoms with van der Waals surface area (Å²) >= 11 is 15.6. The first-order valence-electron chi connectivity index (χ1n) is 5.76. The lowest BCUT2D eigenvalue weighted by molar-refractivity contribution is -0.140. The zero-order valence-electron chi connectivity index (χ0n) is 11.0. The lowest BCUT2D eigenvalue weighted by Crippen LogP contribution is -2.46. The van der Waals surface area contributed by atoms with Crippen LogP contribution in [0.1, 0.15) is 6.92 Å². The molecule has 0 fully saturated rings. The van der Waals surface area contributed by atoms with Crippen LogP contribution in [0, 0.1) is 0 Å². The summed E-state index contributed by atoms with van der Waals surface area (Å²) in [5.41, 5.74) is 5.68. The van der Waals surface area contributed by atoms with Gasteiger partial charge in [0.2, 0.25) is 10.0 Å². The number of carbonyl (C=O) groups is 1. The fraction of sp³-hybridized carbons (Fsp3) is 0.364. The highest BCUT2D eigenvalue weighted by Gasteiger charge is 2.35. The maximum absolute atomic E-state index is 12.6. The van der Waals surface area contributed by atoms with Gasteiger partial charge in [0.15, 0.2) is 0 Å². The molecule has 0 aliphatic rings. The molecule has 0 aromatic heterocycles. The Labute approximate surface area is 138 Å². The van der Waals surface area contributed by atoms with E-state index in [1.165, 1.54) is 13.0 Å². The average molecular weight is 373 g/mol. The van der Waals surface area contributed by atoms with Gasteiger partial charge in [-0.05, 0) is 12.1 Å². The van der Waals surface area contributed by atoms with Crippen molar-refractivity contribution in [3.8, 4) is 0 Å². The second-order valence-electron chi connectivity index (χ2n) is 4.05. The van der Waals surface area contributed by atoms with Crippen LogP contribution in [0.5, 0.6) is 0 Å². The Hall–Kier alpha value is -0.670. The highest BCUT2D eigenvalue weighted by molar-refractivity contribution is 7.89. The molecular formula is C11H14Cl2N2O4S2. The van der Waals surface area contributed by atoms with E-state index in [-0.39, 0.29) is 32.9 Å². The number of carboxylic acids is 1. The molecule has 3 N–H and O–H groups in total. The van der Waals surface area contributed by atoms with Gasteiger partial charge >= 0.3 is 5.97 Å². The van der Waals surface area contributed by atoms with Crippen LogP contribution < -0.4 is 5.73 Å². The van der Waals surface area contributed by atoms with Crippen molar-refractivity contribution >= 4 is 57.5 Å². The minimum Gasteiger partial charge on any atom is -0.480 e. The quantitative estimate of drug-likeness (QED) is 0.523. The number of carboxylic acid groups (broad SMARTS) is 1. The number of rotatable bonds is 6. The second-order valence-corrected chi connectivity index (χ2v) is 7.09. The van der Waals surface area contributed by atoms with Crippen molar-refractivity contribution in [2.45, 2.75) is 17.9 Å². The molecule has 0 amide bonds. The van der Waals surface area contributed by atoms with Crippen molar-refractivity contribution in [3.63, 3.8) is 0 Å². The van der Waals surface area contributed by atoms with Crippen LogP contribution in [0.25, 0.3) is 0 Å². The van der Waals surface area contributed by atoms with Crippen LogP contribution in [0.4, 0.5) is 5.69 Å². The van der Waals surface area contributed by atoms with Crippen molar-refractivity contribution in [2.75, 3.05) is 18.0 Å². The summed E-state index contributed by atoms with van der Waals surface area (Å²) in [6.45, 7) is 1.46. The number of benzene rings is 1. The second kappa shape index (κ2) is 7.06. The van der Waals surface area contributed by atoms with Gasteiger partial charge in [0.25, 0.3) is 0 Å². The number of likely N-dealkylation sites (N-methyl/N-ethyl adjacent to an activating group) is 1. The molecule has 0 bridgehead atoms. The summed E-state index contributed by atoms with van der Waals surface area (Å²) in [5.74, 6) is -1.48. The van der Waals surface area contributed by atoms with Crippen LogP contribution >= 0.6 is 35.8 Å². The van der Waals surface area contributed by atoms with Gasteiger partial charge in [-0.3, -0.25) is 4.79 Å². The molecule has 6 nitrogen and oxygen atoms in total. The van der Waals surface area contributed by atoms with Gasteiger partial charge < -0.3 is 10.8 Å². The van der Waals surface area contributed by atoms with E-state index in [0.717, 1.165) is 10.4 Å². The van der Waals surface area contributed by atoms with Gasteiger partial charge in [-0.2, -0.15) is 16.9 Å². The zero-order chi connectivity index (χ0) is 16.4. The molecule has 0 aliphatic carbocycles. The standard InChI is InChI=1S/C11H14Cl2N2O4S2/c1-2-15(9(5-20)11(16)17)21(18,19)10-4-6(12)8(14)3-7(10)13/h3-4,9,20H,2,5,14H2,1H3,(H,16,17). The van der Waals surface area contributed by atoms with Crippen LogP contribution in [-0.4, -0.2) is 42.1 Å². The van der Waals surface area contributed by atoms with E-state index in [9.17, 15) is 13.2 Å². The molecule has 0 saturated carbocycles. The molecular weight excluding hydrogens is 359 g/mol. The number of thiol groups is 1. The SMILES string of the molecule is CCN(C(CS)C(=O)O)S(=O)(=O)c1cc(Cl)c(N)cc1Cl. The van der Waals surface area contributed by atoms with Crippen LogP contribution in [0.2, 0.25) is 10.0 Å². The lowest BCUT2D eigenvalue weighted by atomic mass is 10.3. The molecule has 0 saturated heterocycles. The van der Waals surface area contributed by atoms with Crippen molar-refractivity contribution in [3.05, 3.63) is 22.2 Å². The number of hydrogen-bond donors (Lipinski definition) is 3. The molecule has 0 aliphatic heterocycles. The summed E-state index contributed by atoms with van der Waals surface area (Å²) in [6, 6.07) is 1.01. The van der Waals surface area contributed by atoms with Crippen LogP contribution in [-0.2, 0) is 14.8 Å². The first-order valence-corrected chi connectivity index (χ1v) is 8.59. The Morgan fingerprint density at radius 2 is 2.00 bits per heavy atom. The number of nitrogens with zero attached hydrogens (tertiary/aromatic N) is 1. The number of aliphatic carboxylic acids is 1. The minimum absolute atomic E-state index is 0.0202. The Morgan fingerprint density at radius 3 is 2.43 bits per heavy atom. The van der Waals surface area contributed by atoms with E-state index in [1.54, 1.807) is 0 Å². The molecule has 1 atom stereocenters. The van der Waals surface area contributed by atoms with Gasteiger partial charge in [-0.15, -0.1) is 0 Å². The lowest BCUT2D eigenvalue weighted by Gasteiger charge is -2.26. The topological polar surface area (TPSA) is 101 Å². The van der Waals surface area contributed by atoms with Gasteiger partial charge in [-0.1, -0.05) is 30.1 Å². The fourth-order valence-corrected chi connectivity index (χ4v) is 4.54. The van der Waals surface area contributed by atoms with E-state index in [2.05, 4.69) is 12.6 Å². The van der Waals surface area contributed by atoms with E-state index < -0.39 is 22.0 Å². The first-order chi connectivity index (χ1) is 9.66. The van der Waals surface area contributed by atoms with Crippen molar-refractivity contribution < 1.29 is 18.3 Å². The van der Waals surface area contributed by atoms with E-state index in [0.29, 0.717) is 0 Å². The Bertz CT molecular complexity index is 652. The highest BCUT2D eigenvalue weighted by Crippen LogP contribution is 2.32. The molecule has 1 rings (SSSR count). The molecule has 1 unspecified atom stereocenters. The largest absolute Gasteiger partial charge is 0.480 e. The molecule has 0 spiro atoms. The molecule has 0 heterocycles. The van der Waals surface area contributed by atoms with Gasteiger partial charge in [0.05, 0.1) is 15.7 Å². The van der Waals surface area contributed by atoms with Gasteiger partial charge in [0, 0.05) is 12.3 Å². The molecule has 1 aromatic rings. The number of sulfonamides is 1. The Balaban J connectivity index is 3.44. The van der Waals surface area contributed by atoms with Crippen molar-refractivity contribution in [1.82, 2.24) is 4.31 Å². The molecule has 118 valence electrons. The van der Waals surface area contributed by atoms with Crippen LogP contribution in [0.15, 0.2) is 17.0 Å². The Kier molecular flexibility index (Phi) is 6.18. The van der Waals surface area contributed by atoms with Gasteiger partial charge in [0.1, 0.15) is 10.9 Å². The van der Waals surface area contributed by atoms with E-state index >= 15 is 0 Å². The maximum atomic E-state index is 12.6. The number of nitrogen functional groups attached to an aromatic ring is 1. The number of nitrogens with two attached hydrogens (primary N) is 1. The molecule has 1 aromatic carbocycles. The third kappa shape index (κ3) is 3.75. The Morgan fingerprint density at radius 1 is 1.43 bits per heavy atom. The molecule has 10 heteroatoms. The van der Waals surface area contributed by atoms with E-state index in [4.69, 9.17) is 34.0 Å². The molecule has 0 radical (unpaired) electrons. The molecule has 21 heavy (non-hydrogen) atoms. The van der Waals surface area contributed by atoms with Crippen molar-refractivity contribution in [1.29, 1.82) is 0 Å². The van der Waals surface area contributed by atoms with Crippen molar-refractivity contribution in [2.24, 2.45) is 0 Å². The summed E-state index contributed by atoms with van der Waals surface area (Å²) in [5, 5.41) is 9.01. The number of halogens is 2. The summed E-state index contributed by atoms with van der Waals surface area (Å²) in [7, 11) is -4.15. The predicted octanol–water partition coefficient (Wildman–Crippen LogP) is 1.97. The smallest absolute Gasteiger partial charge is 0.322 e. The minimum atomic E-state index is -4.15. The zero-order valence-corrected chi connectivity index (χ0v) is 14.2. The summed E-state index contributed by atoms with van der Waals surface area (Å²) in [4.78, 5) is 10.9. The predicted molar refractivity (Wildman–Crippen MR) is 85.7 cm³/mol. The normalized spacial score (nSPS) is 13.4. The highest BCUT2D eigenvalue weighted by atomic mass is 35.5.